The van der Waals surface area contributed by atoms with E-state index in [1.165, 1.54) is 11.8 Å². The number of carbonyl (C=O) groups is 1. The average molecular weight is 408 g/mol. The molecule has 0 radical (unpaired) electrons. The van der Waals surface area contributed by atoms with Crippen molar-refractivity contribution in [2.24, 2.45) is 0 Å². The molecule has 29 heavy (non-hydrogen) atoms. The molecule has 0 aliphatic rings. The molecular weight excluding hydrogens is 388 g/mol. The Morgan fingerprint density at radius 1 is 1.14 bits per heavy atom. The number of hydrogen-bond donors (Lipinski definition) is 0. The van der Waals surface area contributed by atoms with E-state index in [9.17, 15) is 4.79 Å². The van der Waals surface area contributed by atoms with Gasteiger partial charge in [-0.1, -0.05) is 41.3 Å². The van der Waals surface area contributed by atoms with E-state index in [0.717, 1.165) is 16.9 Å². The number of thioether (sulfide) groups is 1. The lowest BCUT2D eigenvalue weighted by atomic mass is 10.1. The standard InChI is InChI=1S/C22H20N2O4S/c1-3-26-19-11-9-17(10-12-19)20-23-24-22(28-20)29-14-5-4-13-27-21(25)18-8-6-7-16(2)15-18/h6-12,15H,3,13-14H2,1-2H3. The molecule has 0 saturated heterocycles. The third kappa shape index (κ3) is 6.13. The second-order valence-electron chi connectivity index (χ2n) is 5.92. The molecule has 0 saturated carbocycles. The predicted molar refractivity (Wildman–Crippen MR) is 111 cm³/mol. The van der Waals surface area contributed by atoms with Gasteiger partial charge in [0, 0.05) is 5.56 Å². The maximum absolute atomic E-state index is 11.9. The van der Waals surface area contributed by atoms with Crippen LogP contribution in [0.3, 0.4) is 0 Å². The summed E-state index contributed by atoms with van der Waals surface area (Å²) in [7, 11) is 0. The summed E-state index contributed by atoms with van der Waals surface area (Å²) in [6.45, 7) is 4.51. The Morgan fingerprint density at radius 3 is 2.72 bits per heavy atom. The second-order valence-corrected chi connectivity index (χ2v) is 6.84. The van der Waals surface area contributed by atoms with E-state index in [4.69, 9.17) is 13.9 Å². The summed E-state index contributed by atoms with van der Waals surface area (Å²) < 4.78 is 16.2. The molecule has 0 aliphatic heterocycles. The van der Waals surface area contributed by atoms with Gasteiger partial charge in [-0.2, -0.15) is 0 Å². The summed E-state index contributed by atoms with van der Waals surface area (Å²) >= 11 is 1.33. The highest BCUT2D eigenvalue weighted by atomic mass is 32.2. The molecule has 2 aromatic carbocycles. The van der Waals surface area contributed by atoms with Crippen LogP contribution in [0.5, 0.6) is 5.75 Å². The van der Waals surface area contributed by atoms with Crippen LogP contribution in [0.15, 0.2) is 58.2 Å². The summed E-state index contributed by atoms with van der Waals surface area (Å²) in [4.78, 5) is 11.9. The van der Waals surface area contributed by atoms with Gasteiger partial charge in [0.2, 0.25) is 5.89 Å². The van der Waals surface area contributed by atoms with Gasteiger partial charge in [0.15, 0.2) is 6.61 Å². The van der Waals surface area contributed by atoms with Crippen LogP contribution in [0.25, 0.3) is 11.5 Å². The normalized spacial score (nSPS) is 10.1. The quantitative estimate of drug-likeness (QED) is 0.326. The lowest BCUT2D eigenvalue weighted by Gasteiger charge is -2.02. The summed E-state index contributed by atoms with van der Waals surface area (Å²) in [6.07, 6.45) is 0. The zero-order valence-corrected chi connectivity index (χ0v) is 17.0. The fourth-order valence-corrected chi connectivity index (χ4v) is 2.94. The van der Waals surface area contributed by atoms with E-state index in [-0.39, 0.29) is 12.6 Å². The molecule has 0 unspecified atom stereocenters. The monoisotopic (exact) mass is 408 g/mol. The van der Waals surface area contributed by atoms with Crippen molar-refractivity contribution in [3.63, 3.8) is 0 Å². The number of ether oxygens (including phenoxy) is 2. The highest BCUT2D eigenvalue weighted by molar-refractivity contribution is 7.99. The van der Waals surface area contributed by atoms with E-state index in [2.05, 4.69) is 22.0 Å². The van der Waals surface area contributed by atoms with Gasteiger partial charge < -0.3 is 13.9 Å². The lowest BCUT2D eigenvalue weighted by Crippen LogP contribution is -2.05. The van der Waals surface area contributed by atoms with Crippen molar-refractivity contribution in [3.8, 4) is 29.0 Å². The van der Waals surface area contributed by atoms with E-state index in [0.29, 0.717) is 29.0 Å². The number of hydrogen-bond acceptors (Lipinski definition) is 7. The van der Waals surface area contributed by atoms with Crippen LogP contribution in [-0.2, 0) is 4.74 Å². The minimum atomic E-state index is -0.382. The lowest BCUT2D eigenvalue weighted by molar-refractivity contribution is 0.0556. The third-order valence-corrected chi connectivity index (χ3v) is 4.44. The number of nitrogens with zero attached hydrogens (tertiary/aromatic N) is 2. The molecule has 1 aromatic heterocycles. The van der Waals surface area contributed by atoms with Crippen molar-refractivity contribution in [3.05, 3.63) is 59.7 Å². The van der Waals surface area contributed by atoms with Crippen molar-refractivity contribution < 1.29 is 18.7 Å². The first kappa shape index (κ1) is 20.5. The zero-order chi connectivity index (χ0) is 20.5. The van der Waals surface area contributed by atoms with E-state index >= 15 is 0 Å². The number of aryl methyl sites for hydroxylation is 1. The number of carbonyl (C=O) groups excluding carboxylic acids is 1. The van der Waals surface area contributed by atoms with Crippen LogP contribution in [0.4, 0.5) is 0 Å². The molecular formula is C22H20N2O4S. The summed E-state index contributed by atoms with van der Waals surface area (Å²) in [5, 5.41) is 8.48. The van der Waals surface area contributed by atoms with Crippen molar-refractivity contribution in [1.29, 1.82) is 0 Å². The number of rotatable bonds is 7. The SMILES string of the molecule is CCOc1ccc(-c2nnc(SCC#CCOC(=O)c3cccc(C)c3)o2)cc1. The maximum Gasteiger partial charge on any atom is 0.339 e. The highest BCUT2D eigenvalue weighted by Gasteiger charge is 2.09. The number of aromatic nitrogens is 2. The van der Waals surface area contributed by atoms with Crippen LogP contribution in [0, 0.1) is 18.8 Å². The van der Waals surface area contributed by atoms with Gasteiger partial charge in [-0.15, -0.1) is 10.2 Å². The number of benzene rings is 2. The predicted octanol–water partition coefficient (Wildman–Crippen LogP) is 4.40. The minimum Gasteiger partial charge on any atom is -0.494 e. The van der Waals surface area contributed by atoms with E-state index in [1.54, 1.807) is 12.1 Å². The van der Waals surface area contributed by atoms with Crippen molar-refractivity contribution in [2.45, 2.75) is 19.1 Å². The first-order chi connectivity index (χ1) is 14.2. The zero-order valence-electron chi connectivity index (χ0n) is 16.2. The summed E-state index contributed by atoms with van der Waals surface area (Å²) in [6, 6.07) is 14.7. The largest absolute Gasteiger partial charge is 0.494 e. The van der Waals surface area contributed by atoms with Crippen molar-refractivity contribution in [1.82, 2.24) is 10.2 Å². The Kier molecular flexibility index (Phi) is 7.31. The first-order valence-electron chi connectivity index (χ1n) is 9.04. The molecule has 0 fully saturated rings. The molecule has 7 heteroatoms. The maximum atomic E-state index is 11.9. The Hall–Kier alpha value is -3.24. The molecule has 0 amide bonds. The van der Waals surface area contributed by atoms with Gasteiger partial charge >= 0.3 is 5.97 Å². The van der Waals surface area contributed by atoms with Crippen LogP contribution >= 0.6 is 11.8 Å². The van der Waals surface area contributed by atoms with E-state index < -0.39 is 0 Å². The molecule has 0 N–H and O–H groups in total. The highest BCUT2D eigenvalue weighted by Crippen LogP contribution is 2.24. The molecule has 0 atom stereocenters. The van der Waals surface area contributed by atoms with Crippen LogP contribution < -0.4 is 4.74 Å². The molecule has 148 valence electrons. The molecule has 0 spiro atoms. The summed E-state index contributed by atoms with van der Waals surface area (Å²) in [5.41, 5.74) is 2.35. The molecule has 0 aliphatic carbocycles. The van der Waals surface area contributed by atoms with Gasteiger partial charge in [-0.25, -0.2) is 4.79 Å². The Labute approximate surface area is 173 Å². The smallest absolute Gasteiger partial charge is 0.339 e. The molecule has 6 nitrogen and oxygen atoms in total. The Bertz CT molecular complexity index is 1020. The molecule has 3 rings (SSSR count). The topological polar surface area (TPSA) is 74.5 Å². The van der Waals surface area contributed by atoms with E-state index in [1.807, 2.05) is 50.2 Å². The van der Waals surface area contributed by atoms with Gasteiger partial charge in [-0.05, 0) is 50.2 Å². The Balaban J connectivity index is 1.44. The van der Waals surface area contributed by atoms with Crippen LogP contribution in [0.1, 0.15) is 22.8 Å². The molecule has 0 bridgehead atoms. The van der Waals surface area contributed by atoms with Gasteiger partial charge in [0.25, 0.3) is 5.22 Å². The van der Waals surface area contributed by atoms with Crippen LogP contribution in [0.2, 0.25) is 0 Å². The average Bonchev–Trinajstić information content (AvgIpc) is 3.20. The molecule has 1 heterocycles. The van der Waals surface area contributed by atoms with Gasteiger partial charge in [-0.3, -0.25) is 0 Å². The second kappa shape index (κ2) is 10.3. The minimum absolute atomic E-state index is 0.0363. The van der Waals surface area contributed by atoms with Gasteiger partial charge in [0.05, 0.1) is 17.9 Å². The van der Waals surface area contributed by atoms with Gasteiger partial charge in [0.1, 0.15) is 5.75 Å². The van der Waals surface area contributed by atoms with Crippen LogP contribution in [-0.4, -0.2) is 35.1 Å². The number of esters is 1. The fraction of sp³-hybridized carbons (Fsp3) is 0.227. The fourth-order valence-electron chi connectivity index (χ4n) is 2.40. The summed E-state index contributed by atoms with van der Waals surface area (Å²) in [5.74, 6) is 7.03. The van der Waals surface area contributed by atoms with Crippen molar-refractivity contribution >= 4 is 17.7 Å². The third-order valence-electron chi connectivity index (χ3n) is 3.74. The molecule has 3 aromatic rings. The van der Waals surface area contributed by atoms with Crippen molar-refractivity contribution in [2.75, 3.05) is 19.0 Å². The Morgan fingerprint density at radius 2 is 1.97 bits per heavy atom. The first-order valence-corrected chi connectivity index (χ1v) is 10.0.